The molecule has 1 rings (SSSR count). The zero-order chi connectivity index (χ0) is 7.72. The summed E-state index contributed by atoms with van der Waals surface area (Å²) in [5, 5.41) is 0. The minimum atomic E-state index is -1.83. The molecule has 0 amide bonds. The summed E-state index contributed by atoms with van der Waals surface area (Å²) < 4.78 is 47.8. The van der Waals surface area contributed by atoms with E-state index in [4.69, 9.17) is 0 Å². The third-order valence-electron chi connectivity index (χ3n) is 0.921. The second-order valence-corrected chi connectivity index (χ2v) is 1.58. The fourth-order valence-corrected chi connectivity index (χ4v) is 0.455. The molecule has 0 atom stereocenters. The number of halogens is 5. The number of hydrogen-bond donors (Lipinski definition) is 0. The molecule has 0 aliphatic carbocycles. The van der Waals surface area contributed by atoms with E-state index in [1.807, 2.05) is 0 Å². The van der Waals surface area contributed by atoms with Crippen LogP contribution in [0.25, 0.3) is 0 Å². The summed E-state index contributed by atoms with van der Waals surface area (Å²) in [4.78, 5) is 0. The Morgan fingerprint density at radius 3 is 1.92 bits per heavy atom. The van der Waals surface area contributed by atoms with Crippen LogP contribution in [0.1, 0.15) is 0 Å². The molecule has 0 aliphatic rings. The van der Waals surface area contributed by atoms with Gasteiger partial charge in [0.2, 0.25) is 0 Å². The third-order valence-corrected chi connectivity index (χ3v) is 0.921. The van der Waals surface area contributed by atoms with Crippen molar-refractivity contribution in [2.75, 3.05) is 0 Å². The van der Waals surface area contributed by atoms with Gasteiger partial charge in [0.05, 0.1) is 11.6 Å². The van der Waals surface area contributed by atoms with Crippen LogP contribution < -0.4 is 17.0 Å². The summed E-state index contributed by atoms with van der Waals surface area (Å²) in [5.74, 6) is -6.60. The number of benzene rings is 1. The molecule has 0 unspecified atom stereocenters. The summed E-state index contributed by atoms with van der Waals surface area (Å²) >= 11 is 0. The minimum Gasteiger partial charge on any atom is -1.00 e. The van der Waals surface area contributed by atoms with Gasteiger partial charge in [0.1, 0.15) is 0 Å². The molecule has 0 heterocycles. The van der Waals surface area contributed by atoms with E-state index in [2.05, 4.69) is 0 Å². The molecule has 0 nitrogen and oxygen atoms in total. The molecular formula is C6HBrF4Mg. The summed E-state index contributed by atoms with van der Waals surface area (Å²) in [7, 11) is 0. The largest absolute Gasteiger partial charge is 2.00 e. The normalized spacial score (nSPS) is 8.33. The maximum absolute atomic E-state index is 12.0. The number of rotatable bonds is 0. The monoisotopic (exact) mass is 252 g/mol. The molecule has 1 aromatic rings. The summed E-state index contributed by atoms with van der Waals surface area (Å²) in [5.41, 5.74) is 0. The predicted octanol–water partition coefficient (Wildman–Crippen LogP) is -1.33. The first-order valence-electron chi connectivity index (χ1n) is 2.33. The average Bonchev–Trinajstić information content (AvgIpc) is 1.93. The van der Waals surface area contributed by atoms with Crippen LogP contribution in [0.2, 0.25) is 0 Å². The summed E-state index contributed by atoms with van der Waals surface area (Å²) in [6.45, 7) is 0. The topological polar surface area (TPSA) is 0 Å². The summed E-state index contributed by atoms with van der Waals surface area (Å²) in [6.07, 6.45) is 0. The van der Waals surface area contributed by atoms with Crippen molar-refractivity contribution in [3.8, 4) is 0 Å². The molecule has 0 N–H and O–H groups in total. The van der Waals surface area contributed by atoms with Crippen LogP contribution in [0.4, 0.5) is 17.6 Å². The van der Waals surface area contributed by atoms with E-state index in [1.54, 1.807) is 6.07 Å². The van der Waals surface area contributed by atoms with Crippen molar-refractivity contribution in [2.24, 2.45) is 0 Å². The SMILES string of the molecule is Fc1[c-]cc(F)c(F)c1F.[Br-].[Mg+2]. The molecule has 1 aromatic carbocycles. The quantitative estimate of drug-likeness (QED) is 0.177. The van der Waals surface area contributed by atoms with Gasteiger partial charge < -0.3 is 17.0 Å². The van der Waals surface area contributed by atoms with Crippen LogP contribution in [-0.4, -0.2) is 23.1 Å². The van der Waals surface area contributed by atoms with Gasteiger partial charge in [-0.15, -0.1) is 12.1 Å². The van der Waals surface area contributed by atoms with Crippen molar-refractivity contribution in [3.05, 3.63) is 35.4 Å². The smallest absolute Gasteiger partial charge is 1.00 e. The van der Waals surface area contributed by atoms with E-state index in [1.165, 1.54) is 0 Å². The van der Waals surface area contributed by atoms with E-state index in [-0.39, 0.29) is 40.0 Å². The predicted molar refractivity (Wildman–Crippen MR) is 30.9 cm³/mol. The summed E-state index contributed by atoms with van der Waals surface area (Å²) in [6, 6.07) is 1.95. The molecule has 0 aliphatic heterocycles. The van der Waals surface area contributed by atoms with Gasteiger partial charge in [-0.25, -0.2) is 8.78 Å². The first-order chi connectivity index (χ1) is 4.63. The van der Waals surface area contributed by atoms with Gasteiger partial charge in [-0.05, 0) is 0 Å². The number of hydrogen-bond acceptors (Lipinski definition) is 0. The molecule has 0 saturated heterocycles. The molecule has 0 fully saturated rings. The second kappa shape index (κ2) is 5.77. The maximum Gasteiger partial charge on any atom is 2.00 e. The zero-order valence-corrected chi connectivity index (χ0v) is 8.67. The molecule has 62 valence electrons. The molecule has 0 spiro atoms. The van der Waals surface area contributed by atoms with E-state index < -0.39 is 23.3 Å². The third kappa shape index (κ3) is 2.91. The van der Waals surface area contributed by atoms with Crippen molar-refractivity contribution in [1.82, 2.24) is 0 Å². The Balaban J connectivity index is 0. The van der Waals surface area contributed by atoms with Gasteiger partial charge in [-0.3, -0.25) is 8.78 Å². The van der Waals surface area contributed by atoms with Crippen molar-refractivity contribution in [3.63, 3.8) is 0 Å². The van der Waals surface area contributed by atoms with Gasteiger partial charge in [0.25, 0.3) is 0 Å². The van der Waals surface area contributed by atoms with Crippen molar-refractivity contribution < 1.29 is 34.5 Å². The molecule has 0 bridgehead atoms. The van der Waals surface area contributed by atoms with Gasteiger partial charge in [0.15, 0.2) is 0 Å². The van der Waals surface area contributed by atoms with Gasteiger partial charge in [0, 0.05) is 11.6 Å². The van der Waals surface area contributed by atoms with Gasteiger partial charge >= 0.3 is 23.1 Å². The molecule has 6 heteroatoms. The Bertz CT molecular complexity index is 239. The second-order valence-electron chi connectivity index (χ2n) is 1.58. The van der Waals surface area contributed by atoms with Crippen LogP contribution in [0.3, 0.4) is 0 Å². The maximum atomic E-state index is 12.0. The Labute approximate surface area is 92.9 Å². The molecule has 0 aromatic heterocycles. The van der Waals surface area contributed by atoms with E-state index >= 15 is 0 Å². The Morgan fingerprint density at radius 1 is 1.00 bits per heavy atom. The van der Waals surface area contributed by atoms with Gasteiger partial charge in [-0.2, -0.15) is 0 Å². The molecular weight excluding hydrogens is 252 g/mol. The first-order valence-corrected chi connectivity index (χ1v) is 2.33. The van der Waals surface area contributed by atoms with Crippen molar-refractivity contribution >= 4 is 23.1 Å². The Kier molecular flexibility index (Phi) is 7.06. The van der Waals surface area contributed by atoms with E-state index in [0.29, 0.717) is 6.07 Å². The Hall–Kier alpha value is 0.186. The average molecular weight is 253 g/mol. The van der Waals surface area contributed by atoms with Crippen molar-refractivity contribution in [1.29, 1.82) is 0 Å². The fourth-order valence-electron chi connectivity index (χ4n) is 0.455. The standard InChI is InChI=1S/C6HF4.BrH.Mg/c7-3-1-2-4(8)6(10)5(3)9;;/h1H;1H;/q-1;;+2/p-1. The molecule has 0 radical (unpaired) electrons. The van der Waals surface area contributed by atoms with Crippen LogP contribution in [-0.2, 0) is 0 Å². The van der Waals surface area contributed by atoms with Gasteiger partial charge in [-0.1, -0.05) is 0 Å². The van der Waals surface area contributed by atoms with Crippen LogP contribution in [0.15, 0.2) is 6.07 Å². The van der Waals surface area contributed by atoms with Crippen LogP contribution >= 0.6 is 0 Å². The Morgan fingerprint density at radius 2 is 1.50 bits per heavy atom. The fraction of sp³-hybridized carbons (Fsp3) is 0. The van der Waals surface area contributed by atoms with E-state index in [0.717, 1.165) is 0 Å². The zero-order valence-electron chi connectivity index (χ0n) is 5.67. The van der Waals surface area contributed by atoms with E-state index in [9.17, 15) is 17.6 Å². The molecule has 12 heavy (non-hydrogen) atoms. The van der Waals surface area contributed by atoms with Crippen LogP contribution in [0, 0.1) is 29.3 Å². The minimum absolute atomic E-state index is 0. The first kappa shape index (κ1) is 14.7. The van der Waals surface area contributed by atoms with Crippen LogP contribution in [0.5, 0.6) is 0 Å². The molecule has 0 saturated carbocycles. The van der Waals surface area contributed by atoms with Crippen molar-refractivity contribution in [2.45, 2.75) is 0 Å².